The lowest BCUT2D eigenvalue weighted by molar-refractivity contribution is -0.105. The summed E-state index contributed by atoms with van der Waals surface area (Å²) in [6.45, 7) is 0. The van der Waals surface area contributed by atoms with Crippen LogP contribution in [0.5, 0.6) is 0 Å². The van der Waals surface area contributed by atoms with Gasteiger partial charge >= 0.3 is 0 Å². The van der Waals surface area contributed by atoms with Gasteiger partial charge in [-0.1, -0.05) is 66.7 Å². The largest absolute Gasteiger partial charge is 0.329 e. The fourth-order valence-corrected chi connectivity index (χ4v) is 2.31. The Bertz CT molecular complexity index is 716. The minimum Gasteiger partial charge on any atom is -0.329 e. The highest BCUT2D eigenvalue weighted by atomic mass is 16.1. The molecule has 0 spiro atoms. The molecule has 0 aliphatic rings. The van der Waals surface area contributed by atoms with E-state index in [9.17, 15) is 4.79 Å². The van der Waals surface area contributed by atoms with Crippen LogP contribution in [-0.4, -0.2) is 6.41 Å². The van der Waals surface area contributed by atoms with Gasteiger partial charge in [-0.25, -0.2) is 0 Å². The summed E-state index contributed by atoms with van der Waals surface area (Å²) in [5.74, 6) is 0. The maximum absolute atomic E-state index is 10.4. The van der Waals surface area contributed by atoms with E-state index in [1.165, 1.54) is 11.1 Å². The molecule has 0 atom stereocenters. The summed E-state index contributed by atoms with van der Waals surface area (Å²) in [5, 5.41) is 2.64. The van der Waals surface area contributed by atoms with E-state index in [2.05, 4.69) is 41.7 Å². The molecule has 102 valence electrons. The second-order valence-corrected chi connectivity index (χ2v) is 4.78. The Morgan fingerprint density at radius 3 is 1.48 bits per heavy atom. The Kier molecular flexibility index (Phi) is 3.79. The zero-order chi connectivity index (χ0) is 14.5. The second kappa shape index (κ2) is 6.06. The van der Waals surface area contributed by atoms with Crippen molar-refractivity contribution in [1.29, 1.82) is 0 Å². The van der Waals surface area contributed by atoms with Gasteiger partial charge in [-0.15, -0.1) is 0 Å². The molecule has 0 aliphatic carbocycles. The summed E-state index contributed by atoms with van der Waals surface area (Å²) in [7, 11) is 0. The quantitative estimate of drug-likeness (QED) is 0.692. The first-order valence-electron chi connectivity index (χ1n) is 6.83. The van der Waals surface area contributed by atoms with E-state index in [1.54, 1.807) is 0 Å². The number of nitrogens with one attached hydrogen (secondary N) is 1. The van der Waals surface area contributed by atoms with Crippen molar-refractivity contribution in [3.63, 3.8) is 0 Å². The molecule has 2 nitrogen and oxygen atoms in total. The van der Waals surface area contributed by atoms with Crippen LogP contribution in [0.3, 0.4) is 0 Å². The first-order valence-corrected chi connectivity index (χ1v) is 6.83. The number of anilines is 1. The molecule has 3 aromatic rings. The molecule has 0 aromatic heterocycles. The first kappa shape index (κ1) is 13.1. The maximum Gasteiger partial charge on any atom is 0.211 e. The molecule has 3 aromatic carbocycles. The Morgan fingerprint density at radius 2 is 1.00 bits per heavy atom. The lowest BCUT2D eigenvalue weighted by atomic mass is 10.0. The van der Waals surface area contributed by atoms with Gasteiger partial charge in [-0.3, -0.25) is 4.79 Å². The average Bonchev–Trinajstić information content (AvgIpc) is 2.57. The molecule has 0 fully saturated rings. The Morgan fingerprint density at radius 1 is 0.571 bits per heavy atom. The highest BCUT2D eigenvalue weighted by Crippen LogP contribution is 2.25. The Labute approximate surface area is 124 Å². The van der Waals surface area contributed by atoms with Gasteiger partial charge < -0.3 is 5.32 Å². The van der Waals surface area contributed by atoms with Gasteiger partial charge in [0.05, 0.1) is 0 Å². The molecule has 21 heavy (non-hydrogen) atoms. The summed E-state index contributed by atoms with van der Waals surface area (Å²) >= 11 is 0. The summed E-state index contributed by atoms with van der Waals surface area (Å²) in [6, 6.07) is 26.6. The molecule has 2 heteroatoms. The molecule has 0 heterocycles. The molecule has 0 unspecified atom stereocenters. The van der Waals surface area contributed by atoms with Crippen LogP contribution in [0.15, 0.2) is 78.9 Å². The molecule has 3 rings (SSSR count). The minimum absolute atomic E-state index is 0.684. The third-order valence-electron chi connectivity index (χ3n) is 3.44. The number of benzene rings is 3. The predicted molar refractivity (Wildman–Crippen MR) is 87.0 cm³/mol. The van der Waals surface area contributed by atoms with E-state index in [1.807, 2.05) is 42.5 Å². The lowest BCUT2D eigenvalue weighted by Crippen LogP contribution is -1.92. The van der Waals surface area contributed by atoms with Gasteiger partial charge in [-0.05, 0) is 34.4 Å². The summed E-state index contributed by atoms with van der Waals surface area (Å²) in [5.41, 5.74) is 5.52. The van der Waals surface area contributed by atoms with Crippen LogP contribution in [0.2, 0.25) is 0 Å². The van der Waals surface area contributed by atoms with Crippen LogP contribution < -0.4 is 5.32 Å². The Hall–Kier alpha value is -2.87. The van der Waals surface area contributed by atoms with Crippen LogP contribution >= 0.6 is 0 Å². The van der Waals surface area contributed by atoms with Gasteiger partial charge in [0.2, 0.25) is 6.41 Å². The molecule has 0 radical (unpaired) electrons. The van der Waals surface area contributed by atoms with E-state index in [0.29, 0.717) is 6.41 Å². The molecule has 0 saturated heterocycles. The summed E-state index contributed by atoms with van der Waals surface area (Å²) in [4.78, 5) is 10.4. The van der Waals surface area contributed by atoms with Crippen LogP contribution in [0.4, 0.5) is 5.69 Å². The SMILES string of the molecule is O=CNc1ccc(-c2ccc(-c3ccccc3)cc2)cc1. The highest BCUT2D eigenvalue weighted by molar-refractivity contribution is 5.75. The number of rotatable bonds is 4. The molecule has 1 N–H and O–H groups in total. The predicted octanol–water partition coefficient (Wildman–Crippen LogP) is 4.59. The smallest absolute Gasteiger partial charge is 0.211 e. The molecule has 0 aliphatic heterocycles. The lowest BCUT2D eigenvalue weighted by Gasteiger charge is -2.06. The summed E-state index contributed by atoms with van der Waals surface area (Å²) < 4.78 is 0. The van der Waals surface area contributed by atoms with Gasteiger partial charge in [0.25, 0.3) is 0 Å². The maximum atomic E-state index is 10.4. The molecule has 1 amide bonds. The first-order chi connectivity index (χ1) is 10.4. The standard InChI is InChI=1S/C19H15NO/c21-14-20-19-12-10-18(11-13-19)17-8-6-16(7-9-17)15-4-2-1-3-5-15/h1-14H,(H,20,21). The highest BCUT2D eigenvalue weighted by Gasteiger charge is 2.00. The van der Waals surface area contributed by atoms with Crippen molar-refractivity contribution in [2.24, 2.45) is 0 Å². The van der Waals surface area contributed by atoms with Gasteiger partial charge in [0, 0.05) is 5.69 Å². The number of carbonyl (C=O) groups is 1. The minimum atomic E-state index is 0.684. The molecular formula is C19H15NO. The third kappa shape index (κ3) is 3.00. The van der Waals surface area contributed by atoms with E-state index in [0.717, 1.165) is 16.8 Å². The monoisotopic (exact) mass is 273 g/mol. The number of amides is 1. The average molecular weight is 273 g/mol. The van der Waals surface area contributed by atoms with Crippen molar-refractivity contribution in [3.8, 4) is 22.3 Å². The van der Waals surface area contributed by atoms with E-state index in [4.69, 9.17) is 0 Å². The van der Waals surface area contributed by atoms with E-state index >= 15 is 0 Å². The van der Waals surface area contributed by atoms with Crippen molar-refractivity contribution in [2.45, 2.75) is 0 Å². The van der Waals surface area contributed by atoms with E-state index < -0.39 is 0 Å². The molecule has 0 bridgehead atoms. The van der Waals surface area contributed by atoms with Crippen molar-refractivity contribution in [3.05, 3.63) is 78.9 Å². The van der Waals surface area contributed by atoms with Crippen molar-refractivity contribution in [2.75, 3.05) is 5.32 Å². The van der Waals surface area contributed by atoms with Crippen LogP contribution in [-0.2, 0) is 4.79 Å². The molecular weight excluding hydrogens is 258 g/mol. The van der Waals surface area contributed by atoms with Gasteiger partial charge in [0.15, 0.2) is 0 Å². The normalized spacial score (nSPS) is 10.1. The van der Waals surface area contributed by atoms with Crippen molar-refractivity contribution >= 4 is 12.1 Å². The number of hydrogen-bond donors (Lipinski definition) is 1. The summed E-state index contributed by atoms with van der Waals surface area (Å²) in [6.07, 6.45) is 0.684. The van der Waals surface area contributed by atoms with Crippen molar-refractivity contribution in [1.82, 2.24) is 0 Å². The number of carbonyl (C=O) groups excluding carboxylic acids is 1. The van der Waals surface area contributed by atoms with Crippen LogP contribution in [0, 0.1) is 0 Å². The fraction of sp³-hybridized carbons (Fsp3) is 0. The number of hydrogen-bond acceptors (Lipinski definition) is 1. The fourth-order valence-electron chi connectivity index (χ4n) is 2.31. The van der Waals surface area contributed by atoms with Gasteiger partial charge in [0.1, 0.15) is 0 Å². The van der Waals surface area contributed by atoms with Crippen LogP contribution in [0.25, 0.3) is 22.3 Å². The second-order valence-electron chi connectivity index (χ2n) is 4.78. The molecule has 0 saturated carbocycles. The third-order valence-corrected chi connectivity index (χ3v) is 3.44. The zero-order valence-electron chi connectivity index (χ0n) is 11.5. The Balaban J connectivity index is 1.85. The zero-order valence-corrected chi connectivity index (χ0v) is 11.5. The van der Waals surface area contributed by atoms with Crippen molar-refractivity contribution < 1.29 is 4.79 Å². The van der Waals surface area contributed by atoms with E-state index in [-0.39, 0.29) is 0 Å². The topological polar surface area (TPSA) is 29.1 Å². The van der Waals surface area contributed by atoms with Crippen LogP contribution in [0.1, 0.15) is 0 Å². The van der Waals surface area contributed by atoms with Gasteiger partial charge in [-0.2, -0.15) is 0 Å².